The summed E-state index contributed by atoms with van der Waals surface area (Å²) in [6.45, 7) is 20.5. The topological polar surface area (TPSA) is 324 Å². The van der Waals surface area contributed by atoms with E-state index in [1.165, 1.54) is 20.8 Å². The summed E-state index contributed by atoms with van der Waals surface area (Å²) < 4.78 is 0. The predicted molar refractivity (Wildman–Crippen MR) is 297 cm³/mol. The molecular weight excluding hydrogens is 1000 g/mol. The van der Waals surface area contributed by atoms with Crippen molar-refractivity contribution < 1.29 is 48.3 Å². The van der Waals surface area contributed by atoms with E-state index in [1.807, 2.05) is 65.0 Å². The molecule has 0 spiro atoms. The van der Waals surface area contributed by atoms with Crippen LogP contribution in [0.3, 0.4) is 0 Å². The number of aliphatic hydroxyl groups is 1. The maximum absolute atomic E-state index is 14.4. The molecule has 22 nitrogen and oxygen atoms in total. The van der Waals surface area contributed by atoms with Gasteiger partial charge in [-0.15, -0.1) is 0 Å². The molecule has 2 aromatic carbocycles. The summed E-state index contributed by atoms with van der Waals surface area (Å²) in [5.41, 5.74) is 5.31. The van der Waals surface area contributed by atoms with Crippen molar-refractivity contribution in [2.75, 3.05) is 18.1 Å². The number of hydrogen-bond acceptors (Lipinski definition) is 13. The molecule has 3 aliphatic rings. The predicted octanol–water partition coefficient (Wildman–Crippen LogP) is 1.98. The average Bonchev–Trinajstić information content (AvgIpc) is 3.81. The molecule has 0 saturated heterocycles. The fourth-order valence-corrected chi connectivity index (χ4v) is 9.26. The standard InChI is InChI=1S/C56H86N12O10/c1-31(2)28-41(46(57)70)63-48(72)39-20-16-26-58-47(71)37-24-22-36(23-25-37)43-30-56(12,68(67-43)38-18-14-13-15-19-38)54(78)59-27-17-21-40(61-51(75)44(33(5)6)60-35(9)69)49(73)64-42(29-32(3)4)50(74)66-55(10,11)53(77)65-45(34(7)8)52(76)62-39/h13-15,18-19,22-25,31-34,39-42,44-45,54,59,78H,16-17,20-21,26-30H2,1-12H3,(H2,57,70)(H,58,71)(H,60,69)(H,61,75)(H,62,76)(H,63,72)(H,64,73)(H,65,77)(H,66,74). The van der Waals surface area contributed by atoms with Crippen molar-refractivity contribution in [3.63, 3.8) is 0 Å². The Bertz CT molecular complexity index is 2470. The number of carbonyl (C=O) groups is 9. The zero-order chi connectivity index (χ0) is 58.2. The average molecular weight is 1090 g/mol. The molecule has 0 aromatic heterocycles. The number of para-hydroxylation sites is 1. The van der Waals surface area contributed by atoms with Gasteiger partial charge in [0.05, 0.1) is 11.4 Å². The Labute approximate surface area is 459 Å². The first-order valence-electron chi connectivity index (χ1n) is 27.2. The lowest BCUT2D eigenvalue weighted by Crippen LogP contribution is -2.64. The highest BCUT2D eigenvalue weighted by Gasteiger charge is 2.46. The molecule has 9 amide bonds. The van der Waals surface area contributed by atoms with Crippen LogP contribution < -0.4 is 58.6 Å². The third-order valence-electron chi connectivity index (χ3n) is 13.8. The van der Waals surface area contributed by atoms with Gasteiger partial charge < -0.3 is 53.4 Å². The zero-order valence-corrected chi connectivity index (χ0v) is 47.5. The number of carbonyl (C=O) groups excluding carboxylic acids is 9. The number of nitrogens with two attached hydrogens (primary N) is 1. The highest BCUT2D eigenvalue weighted by Crippen LogP contribution is 2.36. The van der Waals surface area contributed by atoms with E-state index in [0.717, 1.165) is 0 Å². The van der Waals surface area contributed by atoms with Gasteiger partial charge in [-0.05, 0) is 119 Å². The number of nitrogens with one attached hydrogen (secondary N) is 9. The molecule has 78 heavy (non-hydrogen) atoms. The van der Waals surface area contributed by atoms with Crippen LogP contribution in [-0.2, 0) is 38.4 Å². The number of nitrogens with zero attached hydrogens (tertiary/aromatic N) is 2. The summed E-state index contributed by atoms with van der Waals surface area (Å²) in [6, 6.07) is 9.17. The van der Waals surface area contributed by atoms with Gasteiger partial charge in [0.25, 0.3) is 5.91 Å². The van der Waals surface area contributed by atoms with Crippen LogP contribution in [0, 0.1) is 23.7 Å². The van der Waals surface area contributed by atoms with Crippen molar-refractivity contribution >= 4 is 64.6 Å². The van der Waals surface area contributed by atoms with Gasteiger partial charge in [-0.3, -0.25) is 53.5 Å². The molecule has 3 aliphatic heterocycles. The van der Waals surface area contributed by atoms with E-state index in [9.17, 15) is 48.3 Å². The van der Waals surface area contributed by atoms with Crippen molar-refractivity contribution in [1.82, 2.24) is 47.9 Å². The van der Waals surface area contributed by atoms with Crippen LogP contribution in [0.15, 0.2) is 59.7 Å². The molecule has 0 radical (unpaired) electrons. The van der Waals surface area contributed by atoms with Crippen LogP contribution in [0.1, 0.15) is 144 Å². The van der Waals surface area contributed by atoms with Crippen molar-refractivity contribution in [3.05, 3.63) is 65.7 Å². The molecule has 8 unspecified atom stereocenters. The Morgan fingerprint density at radius 1 is 0.782 bits per heavy atom. The van der Waals surface area contributed by atoms with Crippen LogP contribution >= 0.6 is 0 Å². The van der Waals surface area contributed by atoms with Gasteiger partial charge in [0, 0.05) is 25.5 Å². The van der Waals surface area contributed by atoms with Crippen LogP contribution in [0.2, 0.25) is 0 Å². The molecule has 4 bridgehead atoms. The normalized spacial score (nSPS) is 24.2. The number of aliphatic hydroxyl groups excluding tert-OH is 1. The first-order chi connectivity index (χ1) is 36.5. The maximum Gasteiger partial charge on any atom is 0.251 e. The summed E-state index contributed by atoms with van der Waals surface area (Å²) in [4.78, 5) is 123. The highest BCUT2D eigenvalue weighted by molar-refractivity contribution is 6.05. The van der Waals surface area contributed by atoms with E-state index in [-0.39, 0.29) is 75.8 Å². The first kappa shape index (κ1) is 63.6. The third-order valence-corrected chi connectivity index (χ3v) is 13.8. The molecule has 8 atom stereocenters. The minimum Gasteiger partial charge on any atom is -0.376 e. The number of rotatable bonds is 13. The van der Waals surface area contributed by atoms with Crippen LogP contribution in [0.25, 0.3) is 0 Å². The molecule has 430 valence electrons. The Hall–Kier alpha value is -6.94. The second kappa shape index (κ2) is 28.6. The largest absolute Gasteiger partial charge is 0.376 e. The van der Waals surface area contributed by atoms with E-state index < -0.39 is 113 Å². The van der Waals surface area contributed by atoms with E-state index >= 15 is 0 Å². The maximum atomic E-state index is 14.4. The van der Waals surface area contributed by atoms with Gasteiger partial charge in [0.2, 0.25) is 47.3 Å². The highest BCUT2D eigenvalue weighted by atomic mass is 16.3. The number of primary amides is 1. The van der Waals surface area contributed by atoms with Crippen molar-refractivity contribution in [3.8, 4) is 0 Å². The van der Waals surface area contributed by atoms with Gasteiger partial charge in [-0.2, -0.15) is 5.10 Å². The molecule has 22 heteroatoms. The van der Waals surface area contributed by atoms with Crippen molar-refractivity contribution in [1.29, 1.82) is 0 Å². The summed E-state index contributed by atoms with van der Waals surface area (Å²) in [6.07, 6.45) is -0.124. The Balaban J connectivity index is 1.76. The monoisotopic (exact) mass is 1090 g/mol. The molecule has 0 fully saturated rings. The molecular formula is C56H86N12O10. The summed E-state index contributed by atoms with van der Waals surface area (Å²) in [5, 5.41) is 43.9. The Morgan fingerprint density at radius 2 is 1.41 bits per heavy atom. The van der Waals surface area contributed by atoms with Crippen molar-refractivity contribution in [2.24, 2.45) is 34.5 Å². The number of hydrazone groups is 1. The van der Waals surface area contributed by atoms with Crippen molar-refractivity contribution in [2.45, 2.75) is 182 Å². The number of amides is 9. The fraction of sp³-hybridized carbons (Fsp3) is 0.607. The number of benzene rings is 2. The summed E-state index contributed by atoms with van der Waals surface area (Å²) in [7, 11) is 0. The smallest absolute Gasteiger partial charge is 0.251 e. The van der Waals surface area contributed by atoms with Gasteiger partial charge >= 0.3 is 0 Å². The Kier molecular flexibility index (Phi) is 23.3. The number of fused-ring (bicyclic) bond motifs is 24. The molecule has 3 heterocycles. The molecule has 0 aliphatic carbocycles. The van der Waals surface area contributed by atoms with Gasteiger partial charge in [-0.25, -0.2) is 0 Å². The molecule has 2 aromatic rings. The molecule has 0 saturated carbocycles. The van der Waals surface area contributed by atoms with E-state index in [2.05, 4.69) is 47.9 Å². The van der Waals surface area contributed by atoms with Crippen LogP contribution in [0.4, 0.5) is 5.69 Å². The second-order valence-corrected chi connectivity index (χ2v) is 22.8. The third kappa shape index (κ3) is 18.1. The first-order valence-corrected chi connectivity index (χ1v) is 27.2. The Morgan fingerprint density at radius 3 is 1.99 bits per heavy atom. The SMILES string of the molecule is CC(=O)NC(C(=O)NC1CCCNC(O)C2(C)CC(=NN2c2ccccc2)c2ccc(cc2)C(=O)NCCCC(C(=O)NC(CC(C)C)C(N)=O)NC(=O)C(C(C)C)NC(=O)C(C)(C)NC(=O)C(CC(C)C)NC1=O)C(C)C. The van der Waals surface area contributed by atoms with E-state index in [1.54, 1.807) is 57.0 Å². The van der Waals surface area contributed by atoms with Gasteiger partial charge in [-0.1, -0.05) is 85.7 Å². The van der Waals surface area contributed by atoms with Gasteiger partial charge in [0.1, 0.15) is 53.6 Å². The van der Waals surface area contributed by atoms with Crippen LogP contribution in [-0.4, -0.2) is 131 Å². The molecule has 12 N–H and O–H groups in total. The summed E-state index contributed by atoms with van der Waals surface area (Å²) in [5.74, 6) is -6.96. The quantitative estimate of drug-likeness (QED) is 0.128. The minimum absolute atomic E-state index is 0.00257. The lowest BCUT2D eigenvalue weighted by atomic mass is 9.90. The van der Waals surface area contributed by atoms with Crippen LogP contribution in [0.5, 0.6) is 0 Å². The lowest BCUT2D eigenvalue weighted by Gasteiger charge is -2.38. The van der Waals surface area contributed by atoms with Gasteiger partial charge in [0.15, 0.2) is 0 Å². The number of hydrogen-bond donors (Lipinski definition) is 11. The lowest BCUT2D eigenvalue weighted by molar-refractivity contribution is -0.138. The molecule has 5 rings (SSSR count). The summed E-state index contributed by atoms with van der Waals surface area (Å²) >= 11 is 0. The van der Waals surface area contributed by atoms with E-state index in [4.69, 9.17) is 10.8 Å². The second-order valence-electron chi connectivity index (χ2n) is 22.8. The fourth-order valence-electron chi connectivity index (χ4n) is 9.26. The minimum atomic E-state index is -1.69. The number of anilines is 1. The van der Waals surface area contributed by atoms with E-state index in [0.29, 0.717) is 22.5 Å². The zero-order valence-electron chi connectivity index (χ0n) is 47.5.